The maximum atomic E-state index is 12.4. The number of benzene rings is 2. The average Bonchev–Trinajstić information content (AvgIpc) is 2.78. The number of amides is 1. The number of hydrogen-bond acceptors (Lipinski definition) is 6. The Bertz CT molecular complexity index is 989. The Hall–Kier alpha value is -2.78. The number of nitrogens with zero attached hydrogens (tertiary/aromatic N) is 2. The summed E-state index contributed by atoms with van der Waals surface area (Å²) in [5, 5.41) is 2.88. The second-order valence-corrected chi connectivity index (χ2v) is 9.44. The molecule has 0 aliphatic carbocycles. The van der Waals surface area contributed by atoms with Crippen molar-refractivity contribution in [3.05, 3.63) is 48.5 Å². The van der Waals surface area contributed by atoms with Crippen molar-refractivity contribution in [2.24, 2.45) is 0 Å². The fraction of sp³-hybridized carbons (Fsp3) is 0.435. The van der Waals surface area contributed by atoms with Crippen LogP contribution in [0.5, 0.6) is 5.75 Å². The van der Waals surface area contributed by atoms with Gasteiger partial charge in [0, 0.05) is 37.4 Å². The second-order valence-electron chi connectivity index (χ2n) is 7.53. The Labute approximate surface area is 190 Å². The maximum absolute atomic E-state index is 12.4. The number of carbonyl (C=O) groups is 1. The van der Waals surface area contributed by atoms with Crippen LogP contribution < -0.4 is 19.3 Å². The molecule has 3 rings (SSSR count). The SMILES string of the molecule is CCOc1ccccc1N(CCCC(=O)Nc1ccc(N2CCOCC2)cc1)S(C)(=O)=O. The molecule has 1 N–H and O–H groups in total. The molecule has 0 bridgehead atoms. The van der Waals surface area contributed by atoms with Crippen LogP contribution in [0.2, 0.25) is 0 Å². The van der Waals surface area contributed by atoms with Gasteiger partial charge in [-0.25, -0.2) is 8.42 Å². The first-order valence-electron chi connectivity index (χ1n) is 10.8. The second kappa shape index (κ2) is 11.2. The van der Waals surface area contributed by atoms with Gasteiger partial charge in [0.1, 0.15) is 5.75 Å². The minimum Gasteiger partial charge on any atom is -0.492 e. The van der Waals surface area contributed by atoms with Crippen molar-refractivity contribution in [3.8, 4) is 5.75 Å². The van der Waals surface area contributed by atoms with Crippen molar-refractivity contribution in [3.63, 3.8) is 0 Å². The summed E-state index contributed by atoms with van der Waals surface area (Å²) < 4.78 is 37.0. The van der Waals surface area contributed by atoms with E-state index < -0.39 is 10.0 Å². The van der Waals surface area contributed by atoms with Crippen molar-refractivity contribution >= 4 is 33.0 Å². The molecule has 1 aliphatic rings. The number of rotatable bonds is 10. The van der Waals surface area contributed by atoms with Crippen LogP contribution in [-0.4, -0.2) is 60.0 Å². The van der Waals surface area contributed by atoms with Gasteiger partial charge in [-0.1, -0.05) is 12.1 Å². The fourth-order valence-electron chi connectivity index (χ4n) is 3.59. The lowest BCUT2D eigenvalue weighted by molar-refractivity contribution is -0.116. The van der Waals surface area contributed by atoms with Crippen molar-refractivity contribution in [2.45, 2.75) is 19.8 Å². The topological polar surface area (TPSA) is 88.2 Å². The summed E-state index contributed by atoms with van der Waals surface area (Å²) in [4.78, 5) is 14.7. The molecule has 2 aromatic carbocycles. The molecule has 32 heavy (non-hydrogen) atoms. The number of nitrogens with one attached hydrogen (secondary N) is 1. The molecule has 9 heteroatoms. The van der Waals surface area contributed by atoms with Crippen LogP contribution in [0.4, 0.5) is 17.1 Å². The minimum atomic E-state index is -3.52. The first-order valence-corrected chi connectivity index (χ1v) is 12.7. The molecule has 0 spiro atoms. The van der Waals surface area contributed by atoms with E-state index in [-0.39, 0.29) is 18.9 Å². The summed E-state index contributed by atoms with van der Waals surface area (Å²) >= 11 is 0. The Morgan fingerprint density at radius 3 is 2.47 bits per heavy atom. The third-order valence-corrected chi connectivity index (χ3v) is 6.31. The zero-order chi connectivity index (χ0) is 23.0. The zero-order valence-corrected chi connectivity index (χ0v) is 19.4. The van der Waals surface area contributed by atoms with Crippen LogP contribution in [0.15, 0.2) is 48.5 Å². The molecule has 0 atom stereocenters. The molecule has 0 saturated carbocycles. The minimum absolute atomic E-state index is 0.157. The highest BCUT2D eigenvalue weighted by molar-refractivity contribution is 7.92. The highest BCUT2D eigenvalue weighted by Crippen LogP contribution is 2.30. The number of ether oxygens (including phenoxy) is 2. The Morgan fingerprint density at radius 2 is 1.81 bits per heavy atom. The maximum Gasteiger partial charge on any atom is 0.232 e. The van der Waals surface area contributed by atoms with Gasteiger partial charge in [-0.2, -0.15) is 0 Å². The standard InChI is InChI=1S/C23H31N3O5S/c1-3-31-22-8-5-4-7-21(22)26(32(2,28)29)14-6-9-23(27)24-19-10-12-20(13-11-19)25-15-17-30-18-16-25/h4-5,7-8,10-13H,3,6,9,14-18H2,1-2H3,(H,24,27). The van der Waals surface area contributed by atoms with Gasteiger partial charge in [0.05, 0.1) is 31.8 Å². The lowest BCUT2D eigenvalue weighted by Crippen LogP contribution is -2.36. The first kappa shape index (κ1) is 23.9. The lowest BCUT2D eigenvalue weighted by atomic mass is 10.2. The molecule has 174 valence electrons. The van der Waals surface area contributed by atoms with E-state index in [0.717, 1.165) is 38.2 Å². The third kappa shape index (κ3) is 6.61. The Balaban J connectivity index is 1.55. The van der Waals surface area contributed by atoms with Crippen LogP contribution in [0.1, 0.15) is 19.8 Å². The number of morpholine rings is 1. The van der Waals surface area contributed by atoms with Gasteiger partial charge in [0.2, 0.25) is 15.9 Å². The van der Waals surface area contributed by atoms with Gasteiger partial charge in [-0.05, 0) is 49.7 Å². The quantitative estimate of drug-likeness (QED) is 0.585. The number of anilines is 3. The molecular formula is C23H31N3O5S. The van der Waals surface area contributed by atoms with Gasteiger partial charge < -0.3 is 19.7 Å². The highest BCUT2D eigenvalue weighted by atomic mass is 32.2. The van der Waals surface area contributed by atoms with Crippen LogP contribution in [-0.2, 0) is 19.6 Å². The lowest BCUT2D eigenvalue weighted by Gasteiger charge is -2.28. The van der Waals surface area contributed by atoms with Gasteiger partial charge in [0.25, 0.3) is 0 Å². The zero-order valence-electron chi connectivity index (χ0n) is 18.6. The smallest absolute Gasteiger partial charge is 0.232 e. The number of carbonyl (C=O) groups excluding carboxylic acids is 1. The van der Waals surface area contributed by atoms with E-state index in [1.54, 1.807) is 24.3 Å². The predicted octanol–water partition coefficient (Wildman–Crippen LogP) is 3.11. The van der Waals surface area contributed by atoms with Gasteiger partial charge >= 0.3 is 0 Å². The normalized spacial score (nSPS) is 14.1. The monoisotopic (exact) mass is 461 g/mol. The summed E-state index contributed by atoms with van der Waals surface area (Å²) in [6, 6.07) is 14.7. The molecular weight excluding hydrogens is 430 g/mol. The molecule has 2 aromatic rings. The summed E-state index contributed by atoms with van der Waals surface area (Å²) in [6.07, 6.45) is 1.74. The molecule has 1 aliphatic heterocycles. The van der Waals surface area contributed by atoms with Crippen molar-refractivity contribution < 1.29 is 22.7 Å². The van der Waals surface area contributed by atoms with E-state index in [2.05, 4.69) is 10.2 Å². The van der Waals surface area contributed by atoms with E-state index >= 15 is 0 Å². The molecule has 1 heterocycles. The Kier molecular flexibility index (Phi) is 8.35. The molecule has 1 saturated heterocycles. The van der Waals surface area contributed by atoms with E-state index in [4.69, 9.17) is 9.47 Å². The highest BCUT2D eigenvalue weighted by Gasteiger charge is 2.21. The predicted molar refractivity (Wildman–Crippen MR) is 127 cm³/mol. The summed E-state index contributed by atoms with van der Waals surface area (Å²) in [6.45, 7) is 5.62. The van der Waals surface area contributed by atoms with Crippen molar-refractivity contribution in [1.29, 1.82) is 0 Å². The summed E-state index contributed by atoms with van der Waals surface area (Å²) in [5.41, 5.74) is 2.30. The molecule has 0 unspecified atom stereocenters. The molecule has 1 amide bonds. The van der Waals surface area contributed by atoms with Crippen molar-refractivity contribution in [1.82, 2.24) is 0 Å². The number of hydrogen-bond donors (Lipinski definition) is 1. The first-order chi connectivity index (χ1) is 15.4. The summed E-state index contributed by atoms with van der Waals surface area (Å²) in [7, 11) is -3.52. The van der Waals surface area contributed by atoms with Crippen LogP contribution in [0.25, 0.3) is 0 Å². The van der Waals surface area contributed by atoms with Gasteiger partial charge in [-0.3, -0.25) is 9.10 Å². The molecule has 8 nitrogen and oxygen atoms in total. The average molecular weight is 462 g/mol. The molecule has 1 fully saturated rings. The van der Waals surface area contributed by atoms with Crippen LogP contribution in [0, 0.1) is 0 Å². The van der Waals surface area contributed by atoms with Gasteiger partial charge in [0.15, 0.2) is 0 Å². The largest absolute Gasteiger partial charge is 0.492 e. The van der Waals surface area contributed by atoms with Crippen LogP contribution >= 0.6 is 0 Å². The van der Waals surface area contributed by atoms with Crippen molar-refractivity contribution in [2.75, 3.05) is 60.2 Å². The van der Waals surface area contributed by atoms with E-state index in [0.29, 0.717) is 30.2 Å². The van der Waals surface area contributed by atoms with Crippen LogP contribution in [0.3, 0.4) is 0 Å². The Morgan fingerprint density at radius 1 is 1.12 bits per heavy atom. The molecule has 0 radical (unpaired) electrons. The van der Waals surface area contributed by atoms with E-state index in [9.17, 15) is 13.2 Å². The van der Waals surface area contributed by atoms with E-state index in [1.807, 2.05) is 31.2 Å². The van der Waals surface area contributed by atoms with Gasteiger partial charge in [-0.15, -0.1) is 0 Å². The summed E-state index contributed by atoms with van der Waals surface area (Å²) in [5.74, 6) is 0.348. The third-order valence-electron chi connectivity index (χ3n) is 5.13. The van der Waals surface area contributed by atoms with E-state index in [1.165, 1.54) is 4.31 Å². The number of sulfonamides is 1. The number of para-hydroxylation sites is 2. The fourth-order valence-corrected chi connectivity index (χ4v) is 4.56. The molecule has 0 aromatic heterocycles.